The highest BCUT2D eigenvalue weighted by atomic mass is 16.3. The Bertz CT molecular complexity index is 1000. The first kappa shape index (κ1) is 23.1. The fourth-order valence-corrected chi connectivity index (χ4v) is 4.79. The van der Waals surface area contributed by atoms with Gasteiger partial charge in [-0.25, -0.2) is 0 Å². The van der Waals surface area contributed by atoms with E-state index in [1.165, 1.54) is 21.3 Å². The van der Waals surface area contributed by atoms with Gasteiger partial charge in [-0.3, -0.25) is 9.59 Å². The Morgan fingerprint density at radius 2 is 1.23 bits per heavy atom. The first-order valence-corrected chi connectivity index (χ1v) is 10.5. The van der Waals surface area contributed by atoms with E-state index in [1.807, 2.05) is 7.05 Å². The summed E-state index contributed by atoms with van der Waals surface area (Å²) in [4.78, 5) is 29.1. The van der Waals surface area contributed by atoms with Crippen LogP contribution in [-0.2, 0) is 18.5 Å². The minimum Gasteiger partial charge on any atom is -0.507 e. The van der Waals surface area contributed by atoms with Gasteiger partial charge in [-0.1, -0.05) is 0 Å². The van der Waals surface area contributed by atoms with Crippen LogP contribution >= 0.6 is 0 Å². The summed E-state index contributed by atoms with van der Waals surface area (Å²) in [6, 6.07) is 2.92. The molecule has 31 heavy (non-hydrogen) atoms. The van der Waals surface area contributed by atoms with Crippen molar-refractivity contribution in [3.63, 3.8) is 0 Å². The molecule has 4 N–H and O–H groups in total. The zero-order chi connectivity index (χ0) is 22.9. The standard InChI is InChI=1S/C22H31N3O6/c1-14-12-16(28)18(20(30)24(14)8-10-26)22(4-6-23(3)7-5-22)19-17(29)13-15(2)25(9-11-27)21(19)31/h12-13,26-29H,4-11H2,1-3H3. The molecular formula is C22H31N3O6. The maximum atomic E-state index is 13.5. The number of aromatic hydroxyl groups is 2. The van der Waals surface area contributed by atoms with Crippen molar-refractivity contribution in [3.05, 3.63) is 55.4 Å². The van der Waals surface area contributed by atoms with Gasteiger partial charge >= 0.3 is 0 Å². The van der Waals surface area contributed by atoms with Crippen molar-refractivity contribution < 1.29 is 20.4 Å². The Balaban J connectivity index is 2.41. The third-order valence-corrected chi connectivity index (χ3v) is 6.42. The highest BCUT2D eigenvalue weighted by molar-refractivity contribution is 5.51. The molecule has 0 spiro atoms. The predicted molar refractivity (Wildman–Crippen MR) is 116 cm³/mol. The number of likely N-dealkylation sites (tertiary alicyclic amines) is 1. The molecule has 0 radical (unpaired) electrons. The molecule has 3 rings (SSSR count). The van der Waals surface area contributed by atoms with Crippen molar-refractivity contribution in [3.8, 4) is 11.5 Å². The highest BCUT2D eigenvalue weighted by Crippen LogP contribution is 2.45. The Morgan fingerprint density at radius 1 is 0.839 bits per heavy atom. The second-order valence-corrected chi connectivity index (χ2v) is 8.34. The normalized spacial score (nSPS) is 16.5. The molecule has 0 atom stereocenters. The lowest BCUT2D eigenvalue weighted by Crippen LogP contribution is -2.49. The van der Waals surface area contributed by atoms with Crippen LogP contribution in [0.5, 0.6) is 11.5 Å². The molecule has 2 aromatic rings. The van der Waals surface area contributed by atoms with Gasteiger partial charge in [0, 0.05) is 29.9 Å². The van der Waals surface area contributed by atoms with Crippen LogP contribution in [-0.4, -0.2) is 67.8 Å². The van der Waals surface area contributed by atoms with Gasteiger partial charge in [0.25, 0.3) is 11.1 Å². The number of rotatable bonds is 6. The molecule has 1 aliphatic rings. The van der Waals surface area contributed by atoms with Crippen LogP contribution in [0, 0.1) is 13.8 Å². The van der Waals surface area contributed by atoms with Crippen molar-refractivity contribution in [2.75, 3.05) is 33.4 Å². The molecule has 2 aromatic heterocycles. The predicted octanol–water partition coefficient (Wildman–Crippen LogP) is 0.0343. The van der Waals surface area contributed by atoms with Crippen LogP contribution < -0.4 is 11.1 Å². The summed E-state index contributed by atoms with van der Waals surface area (Å²) in [5, 5.41) is 40.6. The van der Waals surface area contributed by atoms with Gasteiger partial charge in [0.05, 0.1) is 24.3 Å². The van der Waals surface area contributed by atoms with Crippen molar-refractivity contribution in [1.82, 2.24) is 14.0 Å². The van der Waals surface area contributed by atoms with Gasteiger partial charge in [-0.05, 0) is 59.0 Å². The quantitative estimate of drug-likeness (QED) is 0.506. The van der Waals surface area contributed by atoms with E-state index in [-0.39, 0.29) is 48.9 Å². The van der Waals surface area contributed by atoms with Crippen LogP contribution in [0.15, 0.2) is 21.7 Å². The van der Waals surface area contributed by atoms with E-state index in [4.69, 9.17) is 0 Å². The number of aliphatic hydroxyl groups excluding tert-OH is 2. The largest absolute Gasteiger partial charge is 0.507 e. The SMILES string of the molecule is Cc1cc(O)c(C2(c3c(O)cc(C)n(CCO)c3=O)CCN(C)CC2)c(=O)n1CCO. The topological polar surface area (TPSA) is 128 Å². The molecule has 0 unspecified atom stereocenters. The van der Waals surface area contributed by atoms with Crippen molar-refractivity contribution >= 4 is 0 Å². The summed E-state index contributed by atoms with van der Waals surface area (Å²) >= 11 is 0. The van der Waals surface area contributed by atoms with E-state index in [1.54, 1.807) is 13.8 Å². The summed E-state index contributed by atoms with van der Waals surface area (Å²) in [6.45, 7) is 4.06. The fraction of sp³-hybridized carbons (Fsp3) is 0.545. The smallest absolute Gasteiger partial charge is 0.258 e. The molecule has 9 heteroatoms. The van der Waals surface area contributed by atoms with Gasteiger partial charge in [-0.15, -0.1) is 0 Å². The number of aromatic nitrogens is 2. The number of pyridine rings is 2. The maximum Gasteiger partial charge on any atom is 0.258 e. The number of hydrogen-bond donors (Lipinski definition) is 4. The van der Waals surface area contributed by atoms with Crippen LogP contribution in [0.3, 0.4) is 0 Å². The van der Waals surface area contributed by atoms with E-state index >= 15 is 0 Å². The molecule has 1 aliphatic heterocycles. The van der Waals surface area contributed by atoms with Gasteiger partial charge < -0.3 is 34.5 Å². The fourth-order valence-electron chi connectivity index (χ4n) is 4.79. The Hall–Kier alpha value is -2.62. The van der Waals surface area contributed by atoms with E-state index in [2.05, 4.69) is 4.90 Å². The molecule has 170 valence electrons. The lowest BCUT2D eigenvalue weighted by Gasteiger charge is -2.41. The Morgan fingerprint density at radius 3 is 1.58 bits per heavy atom. The Labute approximate surface area is 180 Å². The molecule has 0 saturated carbocycles. The number of aliphatic hydroxyl groups is 2. The third kappa shape index (κ3) is 3.88. The first-order valence-electron chi connectivity index (χ1n) is 10.5. The molecular weight excluding hydrogens is 402 g/mol. The van der Waals surface area contributed by atoms with E-state index in [0.29, 0.717) is 37.3 Å². The lowest BCUT2D eigenvalue weighted by molar-refractivity contribution is 0.202. The zero-order valence-corrected chi connectivity index (χ0v) is 18.3. The van der Waals surface area contributed by atoms with Crippen molar-refractivity contribution in [2.45, 2.75) is 45.2 Å². The third-order valence-electron chi connectivity index (χ3n) is 6.42. The maximum absolute atomic E-state index is 13.5. The van der Waals surface area contributed by atoms with E-state index in [9.17, 15) is 30.0 Å². The minimum atomic E-state index is -1.20. The summed E-state index contributed by atoms with van der Waals surface area (Å²) < 4.78 is 2.76. The molecule has 0 amide bonds. The number of aryl methyl sites for hydroxylation is 2. The molecule has 0 aliphatic carbocycles. The lowest BCUT2D eigenvalue weighted by atomic mass is 9.67. The van der Waals surface area contributed by atoms with Gasteiger partial charge in [0.15, 0.2) is 0 Å². The van der Waals surface area contributed by atoms with Crippen LogP contribution in [0.4, 0.5) is 0 Å². The molecule has 1 fully saturated rings. The van der Waals surface area contributed by atoms with Gasteiger partial charge in [0.2, 0.25) is 0 Å². The Kier molecular flexibility index (Phi) is 6.59. The number of piperidine rings is 1. The summed E-state index contributed by atoms with van der Waals surface area (Å²) in [6.07, 6.45) is 0.693. The average molecular weight is 434 g/mol. The average Bonchev–Trinajstić information content (AvgIpc) is 2.70. The highest BCUT2D eigenvalue weighted by Gasteiger charge is 2.45. The molecule has 1 saturated heterocycles. The molecule has 3 heterocycles. The van der Waals surface area contributed by atoms with Crippen LogP contribution in [0.1, 0.15) is 35.4 Å². The summed E-state index contributed by atoms with van der Waals surface area (Å²) in [7, 11) is 1.93. The van der Waals surface area contributed by atoms with Crippen molar-refractivity contribution in [2.24, 2.45) is 0 Å². The summed E-state index contributed by atoms with van der Waals surface area (Å²) in [5.74, 6) is -0.455. The van der Waals surface area contributed by atoms with Crippen molar-refractivity contribution in [1.29, 1.82) is 0 Å². The summed E-state index contributed by atoms with van der Waals surface area (Å²) in [5.41, 5.74) is -1.06. The first-order chi connectivity index (χ1) is 14.7. The van der Waals surface area contributed by atoms with E-state index < -0.39 is 16.5 Å². The second-order valence-electron chi connectivity index (χ2n) is 8.34. The number of hydrogen-bond acceptors (Lipinski definition) is 7. The van der Waals surface area contributed by atoms with Crippen LogP contribution in [0.25, 0.3) is 0 Å². The minimum absolute atomic E-state index is 0.0581. The molecule has 0 aromatic carbocycles. The number of nitrogens with zero attached hydrogens (tertiary/aromatic N) is 3. The van der Waals surface area contributed by atoms with Gasteiger partial charge in [-0.2, -0.15) is 0 Å². The van der Waals surface area contributed by atoms with Gasteiger partial charge in [0.1, 0.15) is 11.5 Å². The second kappa shape index (κ2) is 8.86. The molecule has 0 bridgehead atoms. The molecule has 9 nitrogen and oxygen atoms in total. The van der Waals surface area contributed by atoms with Crippen LogP contribution in [0.2, 0.25) is 0 Å². The monoisotopic (exact) mass is 433 g/mol. The zero-order valence-electron chi connectivity index (χ0n) is 18.3. The van der Waals surface area contributed by atoms with E-state index in [0.717, 1.165) is 0 Å².